The van der Waals surface area contributed by atoms with Crippen molar-refractivity contribution in [1.29, 1.82) is 5.26 Å². The van der Waals surface area contributed by atoms with Crippen molar-refractivity contribution >= 4 is 0 Å². The number of nitrogens with zero attached hydrogens (tertiary/aromatic N) is 2. The maximum atomic E-state index is 8.43. The van der Waals surface area contributed by atoms with Crippen LogP contribution in [0.15, 0.2) is 0 Å². The maximum Gasteiger partial charge on any atom is 0.0638 e. The SMILES string of the molecule is CC(CC#N)NCCN(C)C(C)C. The second kappa shape index (κ2) is 6.88. The molecule has 0 aromatic carbocycles. The van der Waals surface area contributed by atoms with Crippen molar-refractivity contribution in [3.8, 4) is 6.07 Å². The van der Waals surface area contributed by atoms with Crippen LogP contribution in [-0.4, -0.2) is 37.1 Å². The molecule has 0 spiro atoms. The van der Waals surface area contributed by atoms with Gasteiger partial charge in [-0.1, -0.05) is 0 Å². The van der Waals surface area contributed by atoms with Gasteiger partial charge in [0.25, 0.3) is 0 Å². The molecule has 0 saturated heterocycles. The van der Waals surface area contributed by atoms with Crippen LogP contribution in [-0.2, 0) is 0 Å². The van der Waals surface area contributed by atoms with Gasteiger partial charge in [0.15, 0.2) is 0 Å². The number of nitrogens with one attached hydrogen (secondary N) is 1. The fourth-order valence-electron chi connectivity index (χ4n) is 0.955. The summed E-state index contributed by atoms with van der Waals surface area (Å²) < 4.78 is 0. The van der Waals surface area contributed by atoms with E-state index in [0.29, 0.717) is 18.5 Å². The van der Waals surface area contributed by atoms with E-state index in [1.54, 1.807) is 0 Å². The third-order valence-corrected chi connectivity index (χ3v) is 2.24. The fraction of sp³-hybridized carbons (Fsp3) is 0.900. The first-order valence-corrected chi connectivity index (χ1v) is 4.88. The van der Waals surface area contributed by atoms with Crippen molar-refractivity contribution in [3.63, 3.8) is 0 Å². The zero-order valence-electron chi connectivity index (χ0n) is 9.17. The van der Waals surface area contributed by atoms with Gasteiger partial charge in [-0.3, -0.25) is 0 Å². The van der Waals surface area contributed by atoms with Gasteiger partial charge in [0, 0.05) is 25.2 Å². The molecule has 76 valence electrons. The normalized spacial score (nSPS) is 13.3. The summed E-state index contributed by atoms with van der Waals surface area (Å²) >= 11 is 0. The highest BCUT2D eigenvalue weighted by Gasteiger charge is 2.03. The number of hydrogen-bond acceptors (Lipinski definition) is 3. The minimum Gasteiger partial charge on any atom is -0.312 e. The molecule has 0 radical (unpaired) electrons. The van der Waals surface area contributed by atoms with Crippen molar-refractivity contribution in [2.75, 3.05) is 20.1 Å². The van der Waals surface area contributed by atoms with Gasteiger partial charge in [0.05, 0.1) is 12.5 Å². The first kappa shape index (κ1) is 12.4. The van der Waals surface area contributed by atoms with Crippen LogP contribution in [0.3, 0.4) is 0 Å². The molecule has 0 rings (SSSR count). The lowest BCUT2D eigenvalue weighted by molar-refractivity contribution is 0.270. The number of rotatable bonds is 6. The molecule has 0 saturated carbocycles. The molecule has 0 aromatic rings. The minimum atomic E-state index is 0.311. The summed E-state index contributed by atoms with van der Waals surface area (Å²) in [5, 5.41) is 11.7. The molecule has 0 fully saturated rings. The second-order valence-corrected chi connectivity index (χ2v) is 3.79. The Kier molecular flexibility index (Phi) is 6.56. The number of hydrogen-bond donors (Lipinski definition) is 1. The molecule has 1 atom stereocenters. The molecule has 3 heteroatoms. The fourth-order valence-corrected chi connectivity index (χ4v) is 0.955. The van der Waals surface area contributed by atoms with Crippen LogP contribution in [0, 0.1) is 11.3 Å². The first-order chi connectivity index (χ1) is 6.07. The summed E-state index contributed by atoms with van der Waals surface area (Å²) in [6, 6.07) is 3.05. The van der Waals surface area contributed by atoms with E-state index in [0.717, 1.165) is 13.1 Å². The lowest BCUT2D eigenvalue weighted by atomic mass is 10.2. The molecular weight excluding hydrogens is 162 g/mol. The zero-order chi connectivity index (χ0) is 10.3. The summed E-state index contributed by atoms with van der Waals surface area (Å²) in [4.78, 5) is 2.28. The summed E-state index contributed by atoms with van der Waals surface area (Å²) in [7, 11) is 2.11. The van der Waals surface area contributed by atoms with Crippen molar-refractivity contribution in [2.45, 2.75) is 39.3 Å². The molecule has 1 unspecified atom stereocenters. The van der Waals surface area contributed by atoms with Crippen LogP contribution in [0.2, 0.25) is 0 Å². The Bertz CT molecular complexity index is 160. The van der Waals surface area contributed by atoms with E-state index in [1.165, 1.54) is 0 Å². The Morgan fingerprint density at radius 1 is 1.38 bits per heavy atom. The van der Waals surface area contributed by atoms with E-state index in [1.807, 2.05) is 6.92 Å². The topological polar surface area (TPSA) is 39.1 Å². The highest BCUT2D eigenvalue weighted by Crippen LogP contribution is 1.92. The van der Waals surface area contributed by atoms with E-state index < -0.39 is 0 Å². The molecule has 0 aromatic heterocycles. The molecule has 0 aliphatic rings. The van der Waals surface area contributed by atoms with Gasteiger partial charge in [0.2, 0.25) is 0 Å². The molecule has 0 aliphatic carbocycles. The van der Waals surface area contributed by atoms with Gasteiger partial charge in [-0.2, -0.15) is 5.26 Å². The molecular formula is C10H21N3. The van der Waals surface area contributed by atoms with Gasteiger partial charge >= 0.3 is 0 Å². The van der Waals surface area contributed by atoms with Crippen LogP contribution in [0.25, 0.3) is 0 Å². The van der Waals surface area contributed by atoms with E-state index >= 15 is 0 Å². The predicted molar refractivity (Wildman–Crippen MR) is 55.5 cm³/mol. The van der Waals surface area contributed by atoms with Crippen molar-refractivity contribution in [2.24, 2.45) is 0 Å². The number of nitriles is 1. The van der Waals surface area contributed by atoms with Gasteiger partial charge < -0.3 is 10.2 Å². The zero-order valence-corrected chi connectivity index (χ0v) is 9.17. The van der Waals surface area contributed by atoms with E-state index in [4.69, 9.17) is 5.26 Å². The average Bonchev–Trinajstić information content (AvgIpc) is 2.04. The summed E-state index contributed by atoms with van der Waals surface area (Å²) in [6.07, 6.45) is 0.589. The minimum absolute atomic E-state index is 0.311. The summed E-state index contributed by atoms with van der Waals surface area (Å²) in [6.45, 7) is 8.39. The molecule has 1 N–H and O–H groups in total. The summed E-state index contributed by atoms with van der Waals surface area (Å²) in [5.41, 5.74) is 0. The highest BCUT2D eigenvalue weighted by molar-refractivity contribution is 4.77. The largest absolute Gasteiger partial charge is 0.312 e. The molecule has 0 bridgehead atoms. The molecule has 0 heterocycles. The standard InChI is InChI=1S/C10H21N3/c1-9(2)13(4)8-7-12-10(3)5-6-11/h9-10,12H,5,7-8H2,1-4H3. The van der Waals surface area contributed by atoms with Crippen LogP contribution < -0.4 is 5.32 Å². The first-order valence-electron chi connectivity index (χ1n) is 4.88. The van der Waals surface area contributed by atoms with Gasteiger partial charge in [-0.25, -0.2) is 0 Å². The summed E-state index contributed by atoms with van der Waals surface area (Å²) in [5.74, 6) is 0. The Morgan fingerprint density at radius 2 is 2.00 bits per heavy atom. The van der Waals surface area contributed by atoms with E-state index in [-0.39, 0.29) is 0 Å². The number of likely N-dealkylation sites (N-methyl/N-ethyl adjacent to an activating group) is 1. The van der Waals surface area contributed by atoms with Gasteiger partial charge in [0.1, 0.15) is 0 Å². The Labute approximate surface area is 81.7 Å². The molecule has 0 amide bonds. The third-order valence-electron chi connectivity index (χ3n) is 2.24. The van der Waals surface area contributed by atoms with Crippen molar-refractivity contribution < 1.29 is 0 Å². The van der Waals surface area contributed by atoms with Crippen molar-refractivity contribution in [3.05, 3.63) is 0 Å². The Morgan fingerprint density at radius 3 is 2.46 bits per heavy atom. The lowest BCUT2D eigenvalue weighted by Gasteiger charge is -2.21. The van der Waals surface area contributed by atoms with Crippen LogP contribution in [0.4, 0.5) is 0 Å². The van der Waals surface area contributed by atoms with Crippen LogP contribution in [0.5, 0.6) is 0 Å². The Balaban J connectivity index is 3.40. The Hall–Kier alpha value is -0.590. The third kappa shape index (κ3) is 6.56. The van der Waals surface area contributed by atoms with E-state index in [9.17, 15) is 0 Å². The maximum absolute atomic E-state index is 8.43. The average molecular weight is 183 g/mol. The molecule has 3 nitrogen and oxygen atoms in total. The van der Waals surface area contributed by atoms with Crippen LogP contribution >= 0.6 is 0 Å². The highest BCUT2D eigenvalue weighted by atomic mass is 15.1. The van der Waals surface area contributed by atoms with Gasteiger partial charge in [-0.05, 0) is 27.8 Å². The lowest BCUT2D eigenvalue weighted by Crippen LogP contribution is -2.36. The predicted octanol–water partition coefficient (Wildman–Crippen LogP) is 1.22. The van der Waals surface area contributed by atoms with E-state index in [2.05, 4.69) is 37.2 Å². The molecule has 13 heavy (non-hydrogen) atoms. The quantitative estimate of drug-likeness (QED) is 0.673. The van der Waals surface area contributed by atoms with Gasteiger partial charge in [-0.15, -0.1) is 0 Å². The molecule has 0 aliphatic heterocycles. The van der Waals surface area contributed by atoms with Crippen molar-refractivity contribution in [1.82, 2.24) is 10.2 Å². The second-order valence-electron chi connectivity index (χ2n) is 3.79. The van der Waals surface area contributed by atoms with Crippen LogP contribution in [0.1, 0.15) is 27.2 Å². The monoisotopic (exact) mass is 183 g/mol. The smallest absolute Gasteiger partial charge is 0.0638 e.